The Bertz CT molecular complexity index is 103. The summed E-state index contributed by atoms with van der Waals surface area (Å²) in [6.07, 6.45) is 2.66. The minimum Gasteiger partial charge on any atom is -0.379 e. The van der Waals surface area contributed by atoms with Gasteiger partial charge in [-0.3, -0.25) is 0 Å². The normalized spacial score (nSPS) is 23.2. The fraction of sp³-hybridized carbons (Fsp3) is 1.00. The predicted octanol–water partition coefficient (Wildman–Crippen LogP) is 0.792. The molecule has 1 saturated heterocycles. The molecule has 12 heavy (non-hydrogen) atoms. The average molecular weight is 173 g/mol. The highest BCUT2D eigenvalue weighted by molar-refractivity contribution is 4.70. The average Bonchev–Trinajstić information content (AvgIpc) is 2.57. The van der Waals surface area contributed by atoms with Crippen LogP contribution in [0.1, 0.15) is 19.8 Å². The van der Waals surface area contributed by atoms with E-state index < -0.39 is 0 Å². The smallest absolute Gasteiger partial charge is 0.0712 e. The van der Waals surface area contributed by atoms with Gasteiger partial charge in [0.2, 0.25) is 0 Å². The Morgan fingerprint density at radius 1 is 1.33 bits per heavy atom. The lowest BCUT2D eigenvalue weighted by molar-refractivity contribution is 0.0133. The largest absolute Gasteiger partial charge is 0.379 e. The second-order valence-electron chi connectivity index (χ2n) is 3.10. The van der Waals surface area contributed by atoms with E-state index in [9.17, 15) is 0 Å². The molecule has 0 aromatic heterocycles. The van der Waals surface area contributed by atoms with Crippen molar-refractivity contribution in [2.24, 2.45) is 0 Å². The molecular formula is C9H19NO2. The van der Waals surface area contributed by atoms with E-state index in [-0.39, 0.29) is 0 Å². The lowest BCUT2D eigenvalue weighted by Crippen LogP contribution is -2.19. The van der Waals surface area contributed by atoms with Gasteiger partial charge < -0.3 is 14.8 Å². The van der Waals surface area contributed by atoms with Crippen molar-refractivity contribution in [3.63, 3.8) is 0 Å². The second kappa shape index (κ2) is 6.40. The van der Waals surface area contributed by atoms with Gasteiger partial charge in [0.15, 0.2) is 0 Å². The van der Waals surface area contributed by atoms with Crippen molar-refractivity contribution in [2.45, 2.75) is 25.9 Å². The van der Waals surface area contributed by atoms with E-state index in [1.165, 1.54) is 0 Å². The molecular weight excluding hydrogens is 154 g/mol. The van der Waals surface area contributed by atoms with Crippen molar-refractivity contribution in [1.29, 1.82) is 0 Å². The van der Waals surface area contributed by atoms with Crippen LogP contribution in [0.3, 0.4) is 0 Å². The summed E-state index contributed by atoms with van der Waals surface area (Å²) in [5, 5.41) is 3.26. The molecule has 1 heterocycles. The van der Waals surface area contributed by atoms with Gasteiger partial charge in [0, 0.05) is 13.2 Å². The van der Waals surface area contributed by atoms with Gasteiger partial charge >= 0.3 is 0 Å². The summed E-state index contributed by atoms with van der Waals surface area (Å²) in [6, 6.07) is 0. The first-order chi connectivity index (χ1) is 5.93. The highest BCUT2D eigenvalue weighted by Crippen LogP contribution is 2.02. The van der Waals surface area contributed by atoms with Gasteiger partial charge in [0.25, 0.3) is 0 Å². The third-order valence-corrected chi connectivity index (χ3v) is 1.94. The highest BCUT2D eigenvalue weighted by atomic mass is 16.5. The predicted molar refractivity (Wildman–Crippen MR) is 48.3 cm³/mol. The molecule has 0 radical (unpaired) electrons. The van der Waals surface area contributed by atoms with E-state index in [1.54, 1.807) is 0 Å². The van der Waals surface area contributed by atoms with Crippen LogP contribution >= 0.6 is 0 Å². The van der Waals surface area contributed by atoms with Crippen LogP contribution in [0.5, 0.6) is 0 Å². The van der Waals surface area contributed by atoms with Gasteiger partial charge in [-0.2, -0.15) is 0 Å². The maximum absolute atomic E-state index is 5.56. The lowest BCUT2D eigenvalue weighted by Gasteiger charge is -2.09. The Balaban J connectivity index is 1.81. The Kier molecular flexibility index (Phi) is 5.32. The Morgan fingerprint density at radius 3 is 2.92 bits per heavy atom. The fourth-order valence-electron chi connectivity index (χ4n) is 1.29. The molecule has 0 unspecified atom stereocenters. The Labute approximate surface area is 74.4 Å². The van der Waals surface area contributed by atoms with Crippen LogP contribution < -0.4 is 5.32 Å². The van der Waals surface area contributed by atoms with Crippen LogP contribution in [-0.4, -0.2) is 39.0 Å². The third-order valence-electron chi connectivity index (χ3n) is 1.94. The third kappa shape index (κ3) is 4.04. The molecule has 0 bridgehead atoms. The van der Waals surface area contributed by atoms with Crippen LogP contribution in [0.2, 0.25) is 0 Å². The van der Waals surface area contributed by atoms with Gasteiger partial charge in [-0.15, -0.1) is 0 Å². The minimum atomic E-state index is 0.426. The van der Waals surface area contributed by atoms with Crippen molar-refractivity contribution in [3.8, 4) is 0 Å². The molecule has 1 aliphatic rings. The zero-order valence-electron chi connectivity index (χ0n) is 7.84. The van der Waals surface area contributed by atoms with Gasteiger partial charge in [0.1, 0.15) is 0 Å². The molecule has 1 rings (SSSR count). The molecule has 0 saturated carbocycles. The van der Waals surface area contributed by atoms with Crippen LogP contribution in [-0.2, 0) is 9.47 Å². The summed E-state index contributed by atoms with van der Waals surface area (Å²) >= 11 is 0. The monoisotopic (exact) mass is 173 g/mol. The maximum Gasteiger partial charge on any atom is 0.0712 e. The highest BCUT2D eigenvalue weighted by Gasteiger charge is 2.13. The molecule has 0 spiro atoms. The van der Waals surface area contributed by atoms with Crippen LogP contribution in [0.25, 0.3) is 0 Å². The summed E-state index contributed by atoms with van der Waals surface area (Å²) in [7, 11) is 0. The SMILES string of the molecule is CCCOCCO[C@H]1CCNC1. The quantitative estimate of drug-likeness (QED) is 0.602. The van der Waals surface area contributed by atoms with Gasteiger partial charge in [-0.1, -0.05) is 6.92 Å². The molecule has 1 fully saturated rings. The molecule has 0 aliphatic carbocycles. The van der Waals surface area contributed by atoms with Gasteiger partial charge in [-0.25, -0.2) is 0 Å². The lowest BCUT2D eigenvalue weighted by atomic mass is 10.3. The standard InChI is InChI=1S/C9H19NO2/c1-2-5-11-6-7-12-9-3-4-10-8-9/h9-10H,2-8H2,1H3/t9-/m0/s1. The summed E-state index contributed by atoms with van der Waals surface area (Å²) < 4.78 is 10.9. The van der Waals surface area contributed by atoms with Crippen LogP contribution in [0, 0.1) is 0 Å². The zero-order valence-corrected chi connectivity index (χ0v) is 7.84. The number of rotatable bonds is 6. The second-order valence-corrected chi connectivity index (χ2v) is 3.10. The Morgan fingerprint density at radius 2 is 2.25 bits per heavy atom. The first-order valence-electron chi connectivity index (χ1n) is 4.83. The van der Waals surface area contributed by atoms with Crippen LogP contribution in [0.15, 0.2) is 0 Å². The number of hydrogen-bond acceptors (Lipinski definition) is 3. The molecule has 1 N–H and O–H groups in total. The number of nitrogens with one attached hydrogen (secondary N) is 1. The molecule has 3 nitrogen and oxygen atoms in total. The molecule has 0 aromatic carbocycles. The summed E-state index contributed by atoms with van der Waals surface area (Å²) in [4.78, 5) is 0. The minimum absolute atomic E-state index is 0.426. The molecule has 72 valence electrons. The van der Waals surface area contributed by atoms with Crippen molar-refractivity contribution in [3.05, 3.63) is 0 Å². The van der Waals surface area contributed by atoms with Crippen molar-refractivity contribution < 1.29 is 9.47 Å². The first kappa shape index (κ1) is 9.96. The van der Waals surface area contributed by atoms with Crippen molar-refractivity contribution >= 4 is 0 Å². The molecule has 3 heteroatoms. The summed E-state index contributed by atoms with van der Waals surface area (Å²) in [6.45, 7) is 6.55. The molecule has 1 aliphatic heterocycles. The van der Waals surface area contributed by atoms with E-state index in [0.717, 1.165) is 45.8 Å². The van der Waals surface area contributed by atoms with Crippen LogP contribution in [0.4, 0.5) is 0 Å². The fourth-order valence-corrected chi connectivity index (χ4v) is 1.29. The van der Waals surface area contributed by atoms with E-state index in [0.29, 0.717) is 6.10 Å². The van der Waals surface area contributed by atoms with E-state index in [4.69, 9.17) is 9.47 Å². The van der Waals surface area contributed by atoms with Gasteiger partial charge in [-0.05, 0) is 19.4 Å². The Hall–Kier alpha value is -0.120. The topological polar surface area (TPSA) is 30.5 Å². The molecule has 1 atom stereocenters. The summed E-state index contributed by atoms with van der Waals surface area (Å²) in [5.41, 5.74) is 0. The van der Waals surface area contributed by atoms with E-state index >= 15 is 0 Å². The molecule has 0 aromatic rings. The number of ether oxygens (including phenoxy) is 2. The van der Waals surface area contributed by atoms with E-state index in [1.807, 2.05) is 0 Å². The van der Waals surface area contributed by atoms with Crippen molar-refractivity contribution in [2.75, 3.05) is 32.9 Å². The van der Waals surface area contributed by atoms with E-state index in [2.05, 4.69) is 12.2 Å². The number of hydrogen-bond donors (Lipinski definition) is 1. The van der Waals surface area contributed by atoms with Crippen molar-refractivity contribution in [1.82, 2.24) is 5.32 Å². The maximum atomic E-state index is 5.56. The van der Waals surface area contributed by atoms with Gasteiger partial charge in [0.05, 0.1) is 19.3 Å². The molecule has 0 amide bonds. The first-order valence-corrected chi connectivity index (χ1v) is 4.83. The zero-order chi connectivity index (χ0) is 8.65. The summed E-state index contributed by atoms with van der Waals surface area (Å²) in [5.74, 6) is 0.